The molecule has 25 heavy (non-hydrogen) atoms. The van der Waals surface area contributed by atoms with Crippen LogP contribution in [0.4, 0.5) is 0 Å². The van der Waals surface area contributed by atoms with E-state index in [1.807, 2.05) is 13.8 Å². The summed E-state index contributed by atoms with van der Waals surface area (Å²) >= 11 is 0. The summed E-state index contributed by atoms with van der Waals surface area (Å²) < 4.78 is 5.33. The van der Waals surface area contributed by atoms with Gasteiger partial charge in [0.25, 0.3) is 0 Å². The van der Waals surface area contributed by atoms with E-state index in [9.17, 15) is 14.4 Å². The average molecular weight is 346 g/mol. The molecule has 0 aromatic carbocycles. The number of nitrogens with zero attached hydrogens (tertiary/aromatic N) is 2. The molecule has 1 saturated carbocycles. The molecule has 2 saturated heterocycles. The van der Waals surface area contributed by atoms with Crippen molar-refractivity contribution in [1.82, 2.24) is 9.80 Å². The van der Waals surface area contributed by atoms with Crippen molar-refractivity contribution in [3.8, 4) is 0 Å². The highest BCUT2D eigenvalue weighted by molar-refractivity contribution is 6.09. The Bertz CT molecular complexity index is 593. The third-order valence-corrected chi connectivity index (χ3v) is 6.12. The summed E-state index contributed by atoms with van der Waals surface area (Å²) in [6.45, 7) is 6.14. The van der Waals surface area contributed by atoms with E-state index in [1.165, 1.54) is 4.90 Å². The van der Waals surface area contributed by atoms with Crippen LogP contribution in [0.25, 0.3) is 0 Å². The van der Waals surface area contributed by atoms with Crippen LogP contribution in [-0.4, -0.2) is 59.9 Å². The van der Waals surface area contributed by atoms with Crippen LogP contribution in [0.2, 0.25) is 0 Å². The molecule has 2 bridgehead atoms. The quantitative estimate of drug-likeness (QED) is 0.564. The first-order valence-corrected chi connectivity index (χ1v) is 9.40. The highest BCUT2D eigenvalue weighted by atomic mass is 16.5. The normalized spacial score (nSPS) is 35.0. The van der Waals surface area contributed by atoms with E-state index in [1.54, 1.807) is 4.90 Å². The van der Waals surface area contributed by atoms with Gasteiger partial charge in [0, 0.05) is 13.1 Å². The van der Waals surface area contributed by atoms with Gasteiger partial charge >= 0.3 is 0 Å². The van der Waals surface area contributed by atoms with Crippen molar-refractivity contribution in [1.29, 1.82) is 0 Å². The fourth-order valence-electron chi connectivity index (χ4n) is 4.99. The van der Waals surface area contributed by atoms with Gasteiger partial charge in [0.15, 0.2) is 0 Å². The zero-order chi connectivity index (χ0) is 17.7. The Morgan fingerprint density at radius 2 is 1.68 bits per heavy atom. The minimum Gasteiger partial charge on any atom is -0.378 e. The lowest BCUT2D eigenvalue weighted by atomic mass is 9.85. The Kier molecular flexibility index (Phi) is 4.18. The van der Waals surface area contributed by atoms with Crippen molar-refractivity contribution in [3.63, 3.8) is 0 Å². The van der Waals surface area contributed by atoms with E-state index in [0.29, 0.717) is 32.7 Å². The first-order chi connectivity index (χ1) is 12.0. The van der Waals surface area contributed by atoms with Gasteiger partial charge in [0.05, 0.1) is 25.0 Å². The molecule has 0 aromatic heterocycles. The maximum Gasteiger partial charge on any atom is 0.246 e. The number of hydrogen-bond acceptors (Lipinski definition) is 4. The molecule has 4 rings (SSSR count). The van der Waals surface area contributed by atoms with Crippen molar-refractivity contribution in [2.45, 2.75) is 32.7 Å². The third kappa shape index (κ3) is 2.62. The molecule has 2 heterocycles. The highest BCUT2D eigenvalue weighted by Gasteiger charge is 2.61. The van der Waals surface area contributed by atoms with Crippen LogP contribution in [0, 0.1) is 29.6 Å². The highest BCUT2D eigenvalue weighted by Crippen LogP contribution is 2.53. The van der Waals surface area contributed by atoms with Crippen LogP contribution in [0.3, 0.4) is 0 Å². The summed E-state index contributed by atoms with van der Waals surface area (Å²) in [5, 5.41) is 0. The number of fused-ring (bicyclic) bond motifs is 5. The molecule has 3 amide bonds. The number of allylic oxidation sites excluding steroid dienone is 2. The molecular weight excluding hydrogens is 320 g/mol. The Morgan fingerprint density at radius 3 is 2.20 bits per heavy atom. The molecular formula is C19H26N2O4. The number of carbonyl (C=O) groups is 3. The number of morpholine rings is 1. The van der Waals surface area contributed by atoms with Gasteiger partial charge in [-0.15, -0.1) is 0 Å². The van der Waals surface area contributed by atoms with Gasteiger partial charge in [-0.3, -0.25) is 19.3 Å². The minimum atomic E-state index is -0.664. The van der Waals surface area contributed by atoms with Gasteiger partial charge < -0.3 is 9.64 Å². The Labute approximate surface area is 148 Å². The van der Waals surface area contributed by atoms with Crippen molar-refractivity contribution < 1.29 is 19.1 Å². The zero-order valence-electron chi connectivity index (χ0n) is 14.9. The van der Waals surface area contributed by atoms with Crippen LogP contribution in [0.15, 0.2) is 12.2 Å². The van der Waals surface area contributed by atoms with Crippen LogP contribution in [0.1, 0.15) is 26.7 Å². The van der Waals surface area contributed by atoms with E-state index in [4.69, 9.17) is 4.74 Å². The number of amides is 3. The molecule has 2 aliphatic heterocycles. The number of likely N-dealkylation sites (tertiary alicyclic amines) is 1. The molecule has 5 atom stereocenters. The van der Waals surface area contributed by atoms with Gasteiger partial charge in [0.1, 0.15) is 6.04 Å². The summed E-state index contributed by atoms with van der Waals surface area (Å²) in [5.41, 5.74) is 0. The number of carbonyl (C=O) groups excluding carboxylic acids is 3. The van der Waals surface area contributed by atoms with Crippen LogP contribution in [0.5, 0.6) is 0 Å². The van der Waals surface area contributed by atoms with Gasteiger partial charge in [-0.2, -0.15) is 0 Å². The molecule has 0 unspecified atom stereocenters. The summed E-state index contributed by atoms with van der Waals surface area (Å²) in [7, 11) is 0. The smallest absolute Gasteiger partial charge is 0.246 e. The predicted molar refractivity (Wildman–Crippen MR) is 90.2 cm³/mol. The van der Waals surface area contributed by atoms with Crippen LogP contribution >= 0.6 is 0 Å². The molecule has 0 radical (unpaired) electrons. The molecule has 136 valence electrons. The molecule has 6 nitrogen and oxygen atoms in total. The first kappa shape index (κ1) is 16.8. The third-order valence-electron chi connectivity index (χ3n) is 6.12. The van der Waals surface area contributed by atoms with Crippen LogP contribution < -0.4 is 0 Å². The minimum absolute atomic E-state index is 0.0982. The van der Waals surface area contributed by atoms with Crippen molar-refractivity contribution in [3.05, 3.63) is 12.2 Å². The second kappa shape index (κ2) is 6.24. The molecule has 6 heteroatoms. The van der Waals surface area contributed by atoms with Gasteiger partial charge in [-0.25, -0.2) is 0 Å². The summed E-state index contributed by atoms with van der Waals surface area (Å²) in [4.78, 5) is 42.3. The molecule has 3 fully saturated rings. The summed E-state index contributed by atoms with van der Waals surface area (Å²) in [5.74, 6) is -0.253. The molecule has 4 aliphatic rings. The molecule has 0 N–H and O–H groups in total. The lowest BCUT2D eigenvalue weighted by Crippen LogP contribution is -2.54. The predicted octanol–water partition coefficient (Wildman–Crippen LogP) is 1.07. The average Bonchev–Trinajstić information content (AvgIpc) is 3.27. The SMILES string of the molecule is CC(C)C[C@H](C(=O)N1CCOCC1)N1C(=O)[C@@H]2[C@H](C1=O)[C@@H]1C=C[C@H]2C1. The Balaban J connectivity index is 1.60. The largest absolute Gasteiger partial charge is 0.378 e. The van der Waals surface area contributed by atoms with Crippen molar-refractivity contribution >= 4 is 17.7 Å². The maximum atomic E-state index is 13.1. The van der Waals surface area contributed by atoms with E-state index >= 15 is 0 Å². The lowest BCUT2D eigenvalue weighted by molar-refractivity contribution is -0.154. The topological polar surface area (TPSA) is 66.9 Å². The maximum absolute atomic E-state index is 13.1. The van der Waals surface area contributed by atoms with E-state index in [0.717, 1.165) is 6.42 Å². The van der Waals surface area contributed by atoms with Gasteiger partial charge in [-0.05, 0) is 30.6 Å². The molecule has 0 spiro atoms. The zero-order valence-corrected chi connectivity index (χ0v) is 14.9. The van der Waals surface area contributed by atoms with Crippen molar-refractivity contribution in [2.75, 3.05) is 26.3 Å². The fourth-order valence-corrected chi connectivity index (χ4v) is 4.99. The summed E-state index contributed by atoms with van der Waals surface area (Å²) in [6.07, 6.45) is 5.60. The second-order valence-electron chi connectivity index (χ2n) is 8.13. The fraction of sp³-hybridized carbons (Fsp3) is 0.737. The van der Waals surface area contributed by atoms with Crippen molar-refractivity contribution in [2.24, 2.45) is 29.6 Å². The van der Waals surface area contributed by atoms with E-state index < -0.39 is 6.04 Å². The monoisotopic (exact) mass is 346 g/mol. The number of rotatable bonds is 4. The number of imide groups is 1. The number of hydrogen-bond donors (Lipinski definition) is 0. The van der Waals surface area contributed by atoms with Crippen LogP contribution in [-0.2, 0) is 19.1 Å². The standard InChI is InChI=1S/C19H26N2O4/c1-11(2)9-14(17(22)20-5-7-25-8-6-20)21-18(23)15-12-3-4-13(10-12)16(15)19(21)24/h3-4,11-16H,5-10H2,1-2H3/t12-,13+,14-,15-,16+/m1/s1. The Hall–Kier alpha value is -1.69. The number of ether oxygens (including phenoxy) is 1. The second-order valence-corrected chi connectivity index (χ2v) is 8.13. The molecule has 0 aromatic rings. The first-order valence-electron chi connectivity index (χ1n) is 9.40. The summed E-state index contributed by atoms with van der Waals surface area (Å²) in [6, 6.07) is -0.664. The molecule has 2 aliphatic carbocycles. The van der Waals surface area contributed by atoms with Gasteiger partial charge in [-0.1, -0.05) is 26.0 Å². The van der Waals surface area contributed by atoms with Gasteiger partial charge in [0.2, 0.25) is 17.7 Å². The Morgan fingerprint density at radius 1 is 1.12 bits per heavy atom. The van der Waals surface area contributed by atoms with E-state index in [2.05, 4.69) is 12.2 Å². The van der Waals surface area contributed by atoms with E-state index in [-0.39, 0.29) is 47.3 Å². The lowest BCUT2D eigenvalue weighted by Gasteiger charge is -2.34.